The van der Waals surface area contributed by atoms with Crippen molar-refractivity contribution in [2.45, 2.75) is 25.9 Å². The van der Waals surface area contributed by atoms with E-state index in [0.29, 0.717) is 5.69 Å². The molecule has 1 aliphatic rings. The Morgan fingerprint density at radius 2 is 1.95 bits per heavy atom. The van der Waals surface area contributed by atoms with Crippen molar-refractivity contribution < 1.29 is 19.5 Å². The molecule has 2 rings (SSSR count). The van der Waals surface area contributed by atoms with Gasteiger partial charge in [0.1, 0.15) is 5.41 Å². The number of carbonyl (C=O) groups is 3. The van der Waals surface area contributed by atoms with Crippen LogP contribution in [0.25, 0.3) is 0 Å². The SMILES string of the molecule is C=CCC1(CC(C)O)C(=O)NC(=O)N(c2ccccc2)C1=O. The lowest BCUT2D eigenvalue weighted by molar-refractivity contribution is -0.144. The zero-order valence-corrected chi connectivity index (χ0v) is 12.3. The summed E-state index contributed by atoms with van der Waals surface area (Å²) in [6.45, 7) is 5.07. The van der Waals surface area contributed by atoms with E-state index < -0.39 is 29.4 Å². The standard InChI is InChI=1S/C16H18N2O4/c1-3-9-16(10-11(2)19)13(20)17-15(22)18(14(16)21)12-7-5-4-6-8-12/h3-8,11,19H,1,9-10H2,2H3,(H,17,20,22). The Hall–Kier alpha value is -2.47. The zero-order valence-electron chi connectivity index (χ0n) is 12.3. The van der Waals surface area contributed by atoms with Gasteiger partial charge in [-0.3, -0.25) is 14.9 Å². The molecule has 0 spiro atoms. The number of amides is 4. The number of nitrogens with one attached hydrogen (secondary N) is 1. The van der Waals surface area contributed by atoms with E-state index in [1.54, 1.807) is 30.3 Å². The molecule has 2 N–H and O–H groups in total. The summed E-state index contributed by atoms with van der Waals surface area (Å²) in [6, 6.07) is 7.56. The van der Waals surface area contributed by atoms with Gasteiger partial charge < -0.3 is 5.11 Å². The summed E-state index contributed by atoms with van der Waals surface area (Å²) in [5.74, 6) is -1.34. The van der Waals surface area contributed by atoms with Gasteiger partial charge in [0, 0.05) is 0 Å². The van der Waals surface area contributed by atoms with Gasteiger partial charge in [0.25, 0.3) is 5.91 Å². The van der Waals surface area contributed by atoms with E-state index in [1.165, 1.54) is 13.0 Å². The number of imide groups is 2. The van der Waals surface area contributed by atoms with Crippen LogP contribution in [0.4, 0.5) is 10.5 Å². The molecule has 1 fully saturated rings. The third-order valence-electron chi connectivity index (χ3n) is 3.62. The third kappa shape index (κ3) is 2.65. The summed E-state index contributed by atoms with van der Waals surface area (Å²) in [7, 11) is 0. The highest BCUT2D eigenvalue weighted by molar-refractivity contribution is 6.30. The molecule has 1 aliphatic heterocycles. The molecule has 0 aliphatic carbocycles. The normalized spacial score (nSPS) is 23.2. The second-order valence-corrected chi connectivity index (χ2v) is 5.36. The maximum Gasteiger partial charge on any atom is 0.335 e. The first-order valence-electron chi connectivity index (χ1n) is 6.96. The molecule has 0 aromatic heterocycles. The Kier molecular flexibility index (Phi) is 4.42. The van der Waals surface area contributed by atoms with Gasteiger partial charge in [-0.25, -0.2) is 9.69 Å². The van der Waals surface area contributed by atoms with E-state index in [-0.39, 0.29) is 12.8 Å². The number of para-hydroxylation sites is 1. The molecule has 1 aromatic rings. The maximum absolute atomic E-state index is 12.9. The Labute approximate surface area is 128 Å². The van der Waals surface area contributed by atoms with Gasteiger partial charge in [0.15, 0.2) is 0 Å². The molecule has 6 nitrogen and oxygen atoms in total. The van der Waals surface area contributed by atoms with E-state index in [2.05, 4.69) is 11.9 Å². The lowest BCUT2D eigenvalue weighted by atomic mass is 9.76. The first kappa shape index (κ1) is 15.9. The van der Waals surface area contributed by atoms with Crippen molar-refractivity contribution in [3.05, 3.63) is 43.0 Å². The number of nitrogens with zero attached hydrogens (tertiary/aromatic N) is 1. The third-order valence-corrected chi connectivity index (χ3v) is 3.62. The van der Waals surface area contributed by atoms with Crippen LogP contribution in [0.15, 0.2) is 43.0 Å². The number of anilines is 1. The number of carbonyl (C=O) groups excluding carboxylic acids is 3. The molecule has 116 valence electrons. The van der Waals surface area contributed by atoms with E-state index in [0.717, 1.165) is 4.90 Å². The fourth-order valence-electron chi connectivity index (χ4n) is 2.68. The molecule has 1 aromatic carbocycles. The van der Waals surface area contributed by atoms with Gasteiger partial charge in [-0.1, -0.05) is 24.3 Å². The Balaban J connectivity index is 2.50. The minimum Gasteiger partial charge on any atom is -0.393 e. The monoisotopic (exact) mass is 302 g/mol. The predicted molar refractivity (Wildman–Crippen MR) is 81.0 cm³/mol. The smallest absolute Gasteiger partial charge is 0.335 e. The van der Waals surface area contributed by atoms with Crippen LogP contribution >= 0.6 is 0 Å². The van der Waals surface area contributed by atoms with Gasteiger partial charge in [-0.05, 0) is 31.9 Å². The van der Waals surface area contributed by atoms with E-state index >= 15 is 0 Å². The first-order valence-corrected chi connectivity index (χ1v) is 6.96. The minimum atomic E-state index is -1.53. The minimum absolute atomic E-state index is 0.0409. The number of barbiturate groups is 1. The van der Waals surface area contributed by atoms with E-state index in [1.807, 2.05) is 0 Å². The lowest BCUT2D eigenvalue weighted by Crippen LogP contribution is -2.64. The number of hydrogen-bond donors (Lipinski definition) is 2. The average Bonchev–Trinajstić information content (AvgIpc) is 2.46. The number of aliphatic hydroxyl groups excluding tert-OH is 1. The summed E-state index contributed by atoms with van der Waals surface area (Å²) in [5, 5.41) is 11.9. The highest BCUT2D eigenvalue weighted by Gasteiger charge is 2.53. The lowest BCUT2D eigenvalue weighted by Gasteiger charge is -2.39. The van der Waals surface area contributed by atoms with Crippen LogP contribution in [0.5, 0.6) is 0 Å². The second kappa shape index (κ2) is 6.11. The summed E-state index contributed by atoms with van der Waals surface area (Å²) in [4.78, 5) is 38.2. The molecular formula is C16H18N2O4. The van der Waals surface area contributed by atoms with Crippen molar-refractivity contribution in [2.75, 3.05) is 4.90 Å². The molecule has 2 atom stereocenters. The number of allylic oxidation sites excluding steroid dienone is 1. The first-order chi connectivity index (χ1) is 10.4. The fraction of sp³-hybridized carbons (Fsp3) is 0.312. The number of rotatable bonds is 5. The van der Waals surface area contributed by atoms with Crippen molar-refractivity contribution in [3.8, 4) is 0 Å². The molecule has 4 amide bonds. The molecule has 1 heterocycles. The number of aliphatic hydroxyl groups is 1. The predicted octanol–water partition coefficient (Wildman–Crippen LogP) is 1.60. The molecule has 2 unspecified atom stereocenters. The zero-order chi connectivity index (χ0) is 16.3. The van der Waals surface area contributed by atoms with Crippen LogP contribution < -0.4 is 10.2 Å². The second-order valence-electron chi connectivity index (χ2n) is 5.36. The van der Waals surface area contributed by atoms with Crippen LogP contribution in [-0.2, 0) is 9.59 Å². The Morgan fingerprint density at radius 3 is 2.50 bits per heavy atom. The van der Waals surface area contributed by atoms with Crippen LogP contribution in [0, 0.1) is 5.41 Å². The van der Waals surface area contributed by atoms with Crippen LogP contribution in [0.1, 0.15) is 19.8 Å². The van der Waals surface area contributed by atoms with Crippen molar-refractivity contribution in [2.24, 2.45) is 5.41 Å². The van der Waals surface area contributed by atoms with Gasteiger partial charge in [-0.15, -0.1) is 6.58 Å². The fourth-order valence-corrected chi connectivity index (χ4v) is 2.68. The van der Waals surface area contributed by atoms with Crippen LogP contribution in [0.2, 0.25) is 0 Å². The molecule has 22 heavy (non-hydrogen) atoms. The van der Waals surface area contributed by atoms with Gasteiger partial charge in [0.05, 0.1) is 11.8 Å². The molecule has 0 radical (unpaired) electrons. The van der Waals surface area contributed by atoms with Crippen LogP contribution in [-0.4, -0.2) is 29.1 Å². The summed E-state index contributed by atoms with van der Waals surface area (Å²) in [5.41, 5.74) is -1.16. The topological polar surface area (TPSA) is 86.7 Å². The average molecular weight is 302 g/mol. The van der Waals surface area contributed by atoms with E-state index in [9.17, 15) is 19.5 Å². The number of hydrogen-bond acceptors (Lipinski definition) is 4. The van der Waals surface area contributed by atoms with Crippen LogP contribution in [0.3, 0.4) is 0 Å². The maximum atomic E-state index is 12.9. The quantitative estimate of drug-likeness (QED) is 0.639. The highest BCUT2D eigenvalue weighted by Crippen LogP contribution is 2.36. The van der Waals surface area contributed by atoms with Crippen molar-refractivity contribution in [3.63, 3.8) is 0 Å². The van der Waals surface area contributed by atoms with Crippen molar-refractivity contribution in [1.29, 1.82) is 0 Å². The Morgan fingerprint density at radius 1 is 1.32 bits per heavy atom. The number of urea groups is 1. The highest BCUT2D eigenvalue weighted by atomic mass is 16.3. The summed E-state index contributed by atoms with van der Waals surface area (Å²) in [6.07, 6.45) is 0.527. The molecule has 1 saturated heterocycles. The molecule has 0 bridgehead atoms. The largest absolute Gasteiger partial charge is 0.393 e. The number of benzene rings is 1. The van der Waals surface area contributed by atoms with E-state index in [4.69, 9.17) is 0 Å². The van der Waals surface area contributed by atoms with Crippen molar-refractivity contribution >= 4 is 23.5 Å². The molecule has 0 saturated carbocycles. The van der Waals surface area contributed by atoms with Crippen molar-refractivity contribution in [1.82, 2.24) is 5.32 Å². The molecule has 6 heteroatoms. The summed E-state index contributed by atoms with van der Waals surface area (Å²) >= 11 is 0. The molecular weight excluding hydrogens is 284 g/mol. The van der Waals surface area contributed by atoms with Gasteiger partial charge in [-0.2, -0.15) is 0 Å². The van der Waals surface area contributed by atoms with Gasteiger partial charge in [0.2, 0.25) is 5.91 Å². The summed E-state index contributed by atoms with van der Waals surface area (Å²) < 4.78 is 0. The Bertz CT molecular complexity index is 612. The van der Waals surface area contributed by atoms with Gasteiger partial charge >= 0.3 is 6.03 Å².